The second-order valence-electron chi connectivity index (χ2n) is 8.17. The van der Waals surface area contributed by atoms with E-state index in [9.17, 15) is 4.79 Å². The summed E-state index contributed by atoms with van der Waals surface area (Å²) < 4.78 is 0. The van der Waals surface area contributed by atoms with E-state index in [1.807, 2.05) is 18.2 Å². The molecule has 1 aromatic carbocycles. The Balaban J connectivity index is 1.58. The number of benzene rings is 1. The highest BCUT2D eigenvalue weighted by Crippen LogP contribution is 2.48. The minimum Gasteiger partial charge on any atom is -0.351 e. The van der Waals surface area contributed by atoms with Gasteiger partial charge in [0.1, 0.15) is 0 Å². The summed E-state index contributed by atoms with van der Waals surface area (Å²) in [5.41, 5.74) is 7.50. The standard InChI is InChI=1S/C21H32ClN3O/c22-19-7-6-17(14-24-11-3-10-23)12-18(19)20(26)25-15-21-8-1-4-16(13-21)5-2-9-21/h6-7,12,16,24H,1-5,8-11,13-15,23H2,(H,25,26). The largest absolute Gasteiger partial charge is 0.351 e. The molecule has 2 aliphatic carbocycles. The second kappa shape index (κ2) is 9.20. The predicted octanol–water partition coefficient (Wildman–Crippen LogP) is 3.87. The highest BCUT2D eigenvalue weighted by atomic mass is 35.5. The fourth-order valence-corrected chi connectivity index (χ4v) is 4.95. The predicted molar refractivity (Wildman–Crippen MR) is 107 cm³/mol. The van der Waals surface area contributed by atoms with Crippen molar-refractivity contribution in [1.29, 1.82) is 0 Å². The molecule has 144 valence electrons. The van der Waals surface area contributed by atoms with Crippen LogP contribution < -0.4 is 16.4 Å². The van der Waals surface area contributed by atoms with Crippen molar-refractivity contribution in [2.24, 2.45) is 17.1 Å². The lowest BCUT2D eigenvalue weighted by atomic mass is 9.62. The second-order valence-corrected chi connectivity index (χ2v) is 8.58. The number of hydrogen-bond donors (Lipinski definition) is 3. The smallest absolute Gasteiger partial charge is 0.252 e. The van der Waals surface area contributed by atoms with Crippen molar-refractivity contribution >= 4 is 17.5 Å². The fraction of sp³-hybridized carbons (Fsp3) is 0.667. The van der Waals surface area contributed by atoms with Gasteiger partial charge in [-0.25, -0.2) is 0 Å². The van der Waals surface area contributed by atoms with Crippen LogP contribution in [0.4, 0.5) is 0 Å². The maximum absolute atomic E-state index is 12.8. The summed E-state index contributed by atoms with van der Waals surface area (Å²) in [6.07, 6.45) is 10.1. The van der Waals surface area contributed by atoms with E-state index >= 15 is 0 Å². The van der Waals surface area contributed by atoms with Gasteiger partial charge in [-0.1, -0.05) is 43.4 Å². The summed E-state index contributed by atoms with van der Waals surface area (Å²) in [6.45, 7) is 3.08. The molecule has 0 aliphatic heterocycles. The monoisotopic (exact) mass is 377 g/mol. The lowest BCUT2D eigenvalue weighted by Crippen LogP contribution is -2.43. The molecular weight excluding hydrogens is 346 g/mol. The molecule has 5 heteroatoms. The van der Waals surface area contributed by atoms with E-state index in [2.05, 4.69) is 10.6 Å². The molecule has 0 unspecified atom stereocenters. The van der Waals surface area contributed by atoms with Gasteiger partial charge in [-0.2, -0.15) is 0 Å². The number of rotatable bonds is 8. The normalized spacial score (nSPS) is 25.1. The molecule has 1 amide bonds. The maximum Gasteiger partial charge on any atom is 0.252 e. The summed E-state index contributed by atoms with van der Waals surface area (Å²) in [7, 11) is 0. The third-order valence-electron chi connectivity index (χ3n) is 6.15. The maximum atomic E-state index is 12.8. The van der Waals surface area contributed by atoms with Gasteiger partial charge >= 0.3 is 0 Å². The van der Waals surface area contributed by atoms with Crippen LogP contribution in [0.15, 0.2) is 18.2 Å². The van der Waals surface area contributed by atoms with Crippen molar-refractivity contribution in [3.05, 3.63) is 34.3 Å². The number of halogens is 1. The number of hydrogen-bond acceptors (Lipinski definition) is 3. The van der Waals surface area contributed by atoms with Crippen molar-refractivity contribution in [2.45, 2.75) is 57.9 Å². The topological polar surface area (TPSA) is 67.1 Å². The molecule has 0 spiro atoms. The Morgan fingerprint density at radius 3 is 2.77 bits per heavy atom. The van der Waals surface area contributed by atoms with Gasteiger partial charge in [0, 0.05) is 13.1 Å². The quantitative estimate of drug-likeness (QED) is 0.602. The van der Waals surface area contributed by atoms with Crippen LogP contribution in [0.3, 0.4) is 0 Å². The Morgan fingerprint density at radius 1 is 1.27 bits per heavy atom. The van der Waals surface area contributed by atoms with Crippen molar-refractivity contribution < 1.29 is 4.79 Å². The fourth-order valence-electron chi connectivity index (χ4n) is 4.75. The molecule has 2 bridgehead atoms. The molecule has 2 aliphatic rings. The van der Waals surface area contributed by atoms with Crippen LogP contribution in [-0.4, -0.2) is 25.5 Å². The number of carbonyl (C=O) groups is 1. The molecule has 1 aromatic rings. The summed E-state index contributed by atoms with van der Waals surface area (Å²) in [5, 5.41) is 7.07. The average molecular weight is 378 g/mol. The molecule has 2 saturated carbocycles. The Kier molecular flexibility index (Phi) is 6.96. The van der Waals surface area contributed by atoms with Gasteiger partial charge in [-0.3, -0.25) is 4.79 Å². The average Bonchev–Trinajstić information content (AvgIpc) is 2.65. The SMILES string of the molecule is NCCCNCc1ccc(Cl)c(C(=O)NCC23CCCC(CCC2)C3)c1. The molecule has 4 N–H and O–H groups in total. The Hall–Kier alpha value is -1.10. The van der Waals surface area contributed by atoms with Crippen molar-refractivity contribution in [3.8, 4) is 0 Å². The van der Waals surface area contributed by atoms with Crippen LogP contribution in [0, 0.1) is 11.3 Å². The molecule has 26 heavy (non-hydrogen) atoms. The van der Waals surface area contributed by atoms with E-state index < -0.39 is 0 Å². The van der Waals surface area contributed by atoms with Gasteiger partial charge in [-0.05, 0) is 67.8 Å². The van der Waals surface area contributed by atoms with Gasteiger partial charge in [0.2, 0.25) is 0 Å². The van der Waals surface area contributed by atoms with Gasteiger partial charge in [0.05, 0.1) is 10.6 Å². The Labute approximate surface area is 162 Å². The minimum atomic E-state index is -0.0409. The van der Waals surface area contributed by atoms with Crippen LogP contribution in [0.1, 0.15) is 67.3 Å². The summed E-state index contributed by atoms with van der Waals surface area (Å²) >= 11 is 6.30. The lowest BCUT2D eigenvalue weighted by molar-refractivity contribution is 0.0681. The number of amides is 1. The van der Waals surface area contributed by atoms with Crippen LogP contribution in [-0.2, 0) is 6.54 Å². The van der Waals surface area contributed by atoms with E-state index in [-0.39, 0.29) is 5.91 Å². The Bertz CT molecular complexity index is 609. The highest BCUT2D eigenvalue weighted by Gasteiger charge is 2.39. The third-order valence-corrected chi connectivity index (χ3v) is 6.48. The zero-order valence-corrected chi connectivity index (χ0v) is 16.4. The van der Waals surface area contributed by atoms with Crippen molar-refractivity contribution in [3.63, 3.8) is 0 Å². The van der Waals surface area contributed by atoms with Crippen molar-refractivity contribution in [1.82, 2.24) is 10.6 Å². The molecule has 4 nitrogen and oxygen atoms in total. The van der Waals surface area contributed by atoms with Crippen LogP contribution in [0.5, 0.6) is 0 Å². The van der Waals surface area contributed by atoms with Gasteiger partial charge in [-0.15, -0.1) is 0 Å². The number of fused-ring (bicyclic) bond motifs is 2. The number of nitrogens with one attached hydrogen (secondary N) is 2. The summed E-state index contributed by atoms with van der Waals surface area (Å²) in [6, 6.07) is 5.71. The van der Waals surface area contributed by atoms with E-state index in [1.54, 1.807) is 0 Å². The van der Waals surface area contributed by atoms with Crippen LogP contribution >= 0.6 is 11.6 Å². The van der Waals surface area contributed by atoms with Gasteiger partial charge in [0.25, 0.3) is 5.91 Å². The first-order valence-corrected chi connectivity index (χ1v) is 10.5. The molecule has 0 saturated heterocycles. The zero-order chi connectivity index (χ0) is 18.4. The first-order chi connectivity index (χ1) is 12.6. The van der Waals surface area contributed by atoms with E-state index in [0.29, 0.717) is 22.5 Å². The molecule has 0 aromatic heterocycles. The minimum absolute atomic E-state index is 0.0409. The van der Waals surface area contributed by atoms with Crippen LogP contribution in [0.25, 0.3) is 0 Å². The molecule has 0 radical (unpaired) electrons. The first kappa shape index (κ1) is 19.7. The molecule has 3 rings (SSSR count). The molecular formula is C21H32ClN3O. The molecule has 0 heterocycles. The van der Waals surface area contributed by atoms with Crippen LogP contribution in [0.2, 0.25) is 5.02 Å². The summed E-state index contributed by atoms with van der Waals surface area (Å²) in [4.78, 5) is 12.8. The summed E-state index contributed by atoms with van der Waals surface area (Å²) in [5.74, 6) is 0.835. The number of nitrogens with two attached hydrogens (primary N) is 1. The molecule has 2 fully saturated rings. The van der Waals surface area contributed by atoms with Gasteiger partial charge in [0.15, 0.2) is 0 Å². The van der Waals surface area contributed by atoms with E-state index in [0.717, 1.165) is 37.5 Å². The zero-order valence-electron chi connectivity index (χ0n) is 15.7. The first-order valence-electron chi connectivity index (χ1n) is 10.1. The third kappa shape index (κ3) is 4.99. The Morgan fingerprint density at radius 2 is 2.04 bits per heavy atom. The van der Waals surface area contributed by atoms with E-state index in [1.165, 1.54) is 44.9 Å². The van der Waals surface area contributed by atoms with E-state index in [4.69, 9.17) is 17.3 Å². The molecule has 0 atom stereocenters. The van der Waals surface area contributed by atoms with Crippen molar-refractivity contribution in [2.75, 3.05) is 19.6 Å². The highest BCUT2D eigenvalue weighted by molar-refractivity contribution is 6.33. The lowest BCUT2D eigenvalue weighted by Gasteiger charge is -2.45. The van der Waals surface area contributed by atoms with Gasteiger partial charge < -0.3 is 16.4 Å². The number of carbonyl (C=O) groups excluding carboxylic acids is 1.